The Kier molecular flexibility index (Phi) is 4.24. The van der Waals surface area contributed by atoms with E-state index in [1.54, 1.807) is 30.5 Å². The Morgan fingerprint density at radius 3 is 2.81 bits per heavy atom. The third kappa shape index (κ3) is 2.99. The SMILES string of the molecule is CC1CN(C2=NS(=O)(=O)c3ccccc32)CCN1Cc1ccncc1F. The first-order valence-electron chi connectivity index (χ1n) is 8.47. The monoisotopic (exact) mass is 374 g/mol. The van der Waals surface area contributed by atoms with Crippen molar-refractivity contribution in [1.29, 1.82) is 0 Å². The van der Waals surface area contributed by atoms with Crippen LogP contribution in [0.3, 0.4) is 0 Å². The predicted octanol–water partition coefficient (Wildman–Crippen LogP) is 1.88. The molecule has 0 radical (unpaired) electrons. The molecule has 1 aromatic carbocycles. The lowest BCUT2D eigenvalue weighted by Crippen LogP contribution is -2.53. The van der Waals surface area contributed by atoms with Crippen LogP contribution in [0.1, 0.15) is 18.1 Å². The number of halogens is 1. The molecule has 1 aromatic heterocycles. The summed E-state index contributed by atoms with van der Waals surface area (Å²) in [5, 5.41) is 0. The van der Waals surface area contributed by atoms with Crippen LogP contribution in [0, 0.1) is 5.82 Å². The highest BCUT2D eigenvalue weighted by Gasteiger charge is 2.34. The lowest BCUT2D eigenvalue weighted by atomic mass is 10.1. The van der Waals surface area contributed by atoms with Crippen molar-refractivity contribution in [2.75, 3.05) is 19.6 Å². The molecule has 1 unspecified atom stereocenters. The fraction of sp³-hybridized carbons (Fsp3) is 0.333. The lowest BCUT2D eigenvalue weighted by molar-refractivity contribution is 0.115. The lowest BCUT2D eigenvalue weighted by Gasteiger charge is -2.40. The van der Waals surface area contributed by atoms with Crippen LogP contribution in [-0.4, -0.2) is 54.7 Å². The zero-order valence-electron chi connectivity index (χ0n) is 14.3. The molecule has 0 bridgehead atoms. The summed E-state index contributed by atoms with van der Waals surface area (Å²) in [5.74, 6) is 0.213. The number of sulfonamides is 1. The van der Waals surface area contributed by atoms with E-state index in [0.29, 0.717) is 43.1 Å². The first-order valence-corrected chi connectivity index (χ1v) is 9.91. The Balaban J connectivity index is 1.52. The highest BCUT2D eigenvalue weighted by molar-refractivity contribution is 7.90. The van der Waals surface area contributed by atoms with Crippen molar-refractivity contribution < 1.29 is 12.8 Å². The van der Waals surface area contributed by atoms with Crippen LogP contribution in [0.15, 0.2) is 52.0 Å². The maximum atomic E-state index is 13.9. The van der Waals surface area contributed by atoms with Gasteiger partial charge >= 0.3 is 0 Å². The van der Waals surface area contributed by atoms with E-state index in [9.17, 15) is 12.8 Å². The third-order valence-corrected chi connectivity index (χ3v) is 6.23. The summed E-state index contributed by atoms with van der Waals surface area (Å²) in [6.45, 7) is 4.53. The number of fused-ring (bicyclic) bond motifs is 1. The number of pyridine rings is 1. The Labute approximate surface area is 152 Å². The maximum absolute atomic E-state index is 13.9. The fourth-order valence-electron chi connectivity index (χ4n) is 3.49. The van der Waals surface area contributed by atoms with Crippen LogP contribution in [0.25, 0.3) is 0 Å². The average Bonchev–Trinajstić information content (AvgIpc) is 2.90. The van der Waals surface area contributed by atoms with E-state index < -0.39 is 10.0 Å². The van der Waals surface area contributed by atoms with Gasteiger partial charge in [0.15, 0.2) is 5.84 Å². The molecule has 26 heavy (non-hydrogen) atoms. The van der Waals surface area contributed by atoms with Gasteiger partial charge in [0.1, 0.15) is 10.7 Å². The van der Waals surface area contributed by atoms with Gasteiger partial charge in [0.05, 0.1) is 6.20 Å². The number of rotatable bonds is 2. The topological polar surface area (TPSA) is 65.9 Å². The number of hydrogen-bond acceptors (Lipinski definition) is 5. The molecular formula is C18H19FN4O2S. The van der Waals surface area contributed by atoms with E-state index in [2.05, 4.69) is 21.2 Å². The van der Waals surface area contributed by atoms with Crippen molar-refractivity contribution in [1.82, 2.24) is 14.8 Å². The van der Waals surface area contributed by atoms with Gasteiger partial charge in [-0.15, -0.1) is 4.40 Å². The molecule has 4 rings (SSSR count). The van der Waals surface area contributed by atoms with Crippen LogP contribution in [-0.2, 0) is 16.6 Å². The molecule has 2 aliphatic rings. The molecule has 2 aromatic rings. The molecular weight excluding hydrogens is 355 g/mol. The zero-order chi connectivity index (χ0) is 18.3. The van der Waals surface area contributed by atoms with Gasteiger partial charge in [-0.2, -0.15) is 8.42 Å². The van der Waals surface area contributed by atoms with Gasteiger partial charge in [-0.1, -0.05) is 12.1 Å². The zero-order valence-corrected chi connectivity index (χ0v) is 15.2. The quantitative estimate of drug-likeness (QED) is 0.803. The molecule has 1 atom stereocenters. The summed E-state index contributed by atoms with van der Waals surface area (Å²) in [6.07, 6.45) is 2.82. The molecule has 0 amide bonds. The van der Waals surface area contributed by atoms with Gasteiger partial charge in [0.25, 0.3) is 10.0 Å². The van der Waals surface area contributed by atoms with Crippen LogP contribution in [0.2, 0.25) is 0 Å². The van der Waals surface area contributed by atoms with E-state index in [1.807, 2.05) is 11.0 Å². The minimum Gasteiger partial charge on any atom is -0.353 e. The van der Waals surface area contributed by atoms with Crippen molar-refractivity contribution in [2.24, 2.45) is 4.40 Å². The molecule has 1 fully saturated rings. The molecule has 3 heterocycles. The van der Waals surface area contributed by atoms with E-state index in [0.717, 1.165) is 0 Å². The highest BCUT2D eigenvalue weighted by Crippen LogP contribution is 2.28. The number of piperazine rings is 1. The summed E-state index contributed by atoms with van der Waals surface area (Å²) in [7, 11) is -3.61. The Hall–Kier alpha value is -2.32. The summed E-state index contributed by atoms with van der Waals surface area (Å²) in [6, 6.07) is 8.74. The van der Waals surface area contributed by atoms with Gasteiger partial charge in [-0.05, 0) is 25.1 Å². The second-order valence-corrected chi connectivity index (χ2v) is 8.19. The van der Waals surface area contributed by atoms with E-state index in [1.165, 1.54) is 6.20 Å². The molecule has 0 aliphatic carbocycles. The molecule has 136 valence electrons. The second-order valence-electron chi connectivity index (χ2n) is 6.62. The summed E-state index contributed by atoms with van der Waals surface area (Å²) in [4.78, 5) is 8.24. The average molecular weight is 374 g/mol. The van der Waals surface area contributed by atoms with E-state index in [-0.39, 0.29) is 16.8 Å². The summed E-state index contributed by atoms with van der Waals surface area (Å²) < 4.78 is 42.4. The number of benzene rings is 1. The van der Waals surface area contributed by atoms with Gasteiger partial charge in [0, 0.05) is 49.5 Å². The molecule has 0 spiro atoms. The standard InChI is InChI=1S/C18H19FN4O2S/c1-13-11-23(9-8-22(13)12-14-6-7-20-10-16(14)19)18-15-4-2-3-5-17(15)26(24,25)21-18/h2-7,10,13H,8-9,11-12H2,1H3. The molecule has 8 heteroatoms. The molecule has 2 aliphatic heterocycles. The largest absolute Gasteiger partial charge is 0.353 e. The maximum Gasteiger partial charge on any atom is 0.285 e. The number of hydrogen-bond donors (Lipinski definition) is 0. The van der Waals surface area contributed by atoms with Crippen molar-refractivity contribution in [2.45, 2.75) is 24.4 Å². The fourth-order valence-corrected chi connectivity index (χ4v) is 4.72. The first kappa shape index (κ1) is 17.1. The minimum atomic E-state index is -3.61. The third-order valence-electron chi connectivity index (χ3n) is 4.91. The van der Waals surface area contributed by atoms with Gasteiger partial charge in [-0.25, -0.2) is 4.39 Å². The van der Waals surface area contributed by atoms with Crippen LogP contribution >= 0.6 is 0 Å². The number of amidine groups is 1. The number of aromatic nitrogens is 1. The van der Waals surface area contributed by atoms with Crippen molar-refractivity contribution in [3.05, 3.63) is 59.7 Å². The Morgan fingerprint density at radius 1 is 1.23 bits per heavy atom. The smallest absolute Gasteiger partial charge is 0.285 e. The van der Waals surface area contributed by atoms with Crippen LogP contribution in [0.5, 0.6) is 0 Å². The van der Waals surface area contributed by atoms with E-state index >= 15 is 0 Å². The normalized spacial score (nSPS) is 22.2. The Bertz CT molecular complexity index is 977. The minimum absolute atomic E-state index is 0.134. The van der Waals surface area contributed by atoms with Gasteiger partial charge in [0.2, 0.25) is 0 Å². The second kappa shape index (κ2) is 6.44. The van der Waals surface area contributed by atoms with Gasteiger partial charge < -0.3 is 4.90 Å². The van der Waals surface area contributed by atoms with Crippen molar-refractivity contribution >= 4 is 15.9 Å². The summed E-state index contributed by atoms with van der Waals surface area (Å²) >= 11 is 0. The summed E-state index contributed by atoms with van der Waals surface area (Å²) in [5.41, 5.74) is 1.28. The molecule has 0 N–H and O–H groups in total. The van der Waals surface area contributed by atoms with Gasteiger partial charge in [-0.3, -0.25) is 9.88 Å². The van der Waals surface area contributed by atoms with Crippen LogP contribution in [0.4, 0.5) is 4.39 Å². The predicted molar refractivity (Wildman–Crippen MR) is 95.8 cm³/mol. The highest BCUT2D eigenvalue weighted by atomic mass is 32.2. The van der Waals surface area contributed by atoms with Crippen molar-refractivity contribution in [3.63, 3.8) is 0 Å². The molecule has 0 saturated carbocycles. The molecule has 1 saturated heterocycles. The Morgan fingerprint density at radius 2 is 2.04 bits per heavy atom. The van der Waals surface area contributed by atoms with Crippen molar-refractivity contribution in [3.8, 4) is 0 Å². The molecule has 6 nitrogen and oxygen atoms in total. The van der Waals surface area contributed by atoms with Crippen LogP contribution < -0.4 is 0 Å². The van der Waals surface area contributed by atoms with E-state index in [4.69, 9.17) is 0 Å². The number of nitrogens with zero attached hydrogens (tertiary/aromatic N) is 4. The first-order chi connectivity index (χ1) is 12.5.